The number of methoxy groups -OCH3 is 1. The lowest BCUT2D eigenvalue weighted by Crippen LogP contribution is -2.39. The van der Waals surface area contributed by atoms with Gasteiger partial charge in [0.05, 0.1) is 12.7 Å². The monoisotopic (exact) mass is 241 g/mol. The Bertz CT molecular complexity index is 411. The van der Waals surface area contributed by atoms with Crippen molar-refractivity contribution in [3.63, 3.8) is 0 Å². The highest BCUT2D eigenvalue weighted by atomic mass is 32.1. The number of thiophene rings is 1. The van der Waals surface area contributed by atoms with Crippen molar-refractivity contribution in [2.45, 2.75) is 26.8 Å². The molecule has 0 aliphatic carbocycles. The number of amides is 1. The first-order valence-electron chi connectivity index (χ1n) is 4.91. The molecule has 1 rings (SSSR count). The first-order valence-corrected chi connectivity index (χ1v) is 5.73. The second-order valence-corrected chi connectivity index (χ2v) is 5.01. The number of esters is 1. The third kappa shape index (κ3) is 2.82. The number of carbonyl (C=O) groups is 2. The molecule has 1 N–H and O–H groups in total. The number of carbonyl (C=O) groups excluding carboxylic acids is 2. The van der Waals surface area contributed by atoms with Gasteiger partial charge in [-0.25, -0.2) is 4.79 Å². The first-order chi connectivity index (χ1) is 7.45. The van der Waals surface area contributed by atoms with Crippen molar-refractivity contribution in [3.05, 3.63) is 21.4 Å². The van der Waals surface area contributed by atoms with Gasteiger partial charge in [0.15, 0.2) is 0 Å². The van der Waals surface area contributed by atoms with E-state index in [9.17, 15) is 9.59 Å². The summed E-state index contributed by atoms with van der Waals surface area (Å²) in [6.45, 7) is 5.42. The highest BCUT2D eigenvalue weighted by Crippen LogP contribution is 2.20. The molecule has 0 aromatic carbocycles. The van der Waals surface area contributed by atoms with E-state index < -0.39 is 12.0 Å². The number of hydrogen-bond acceptors (Lipinski definition) is 4. The van der Waals surface area contributed by atoms with Crippen molar-refractivity contribution in [3.8, 4) is 0 Å². The summed E-state index contributed by atoms with van der Waals surface area (Å²) in [5, 5.41) is 2.59. The maximum absolute atomic E-state index is 11.8. The standard InChI is InChI=1S/C11H15NO3S/c1-6-5-9(8(3)16-6)10(13)12-7(2)11(14)15-4/h5,7H,1-4H3,(H,12,13). The Kier molecular flexibility index (Phi) is 4.06. The minimum Gasteiger partial charge on any atom is -0.467 e. The summed E-state index contributed by atoms with van der Waals surface area (Å²) in [6, 6.07) is 1.19. The van der Waals surface area contributed by atoms with Crippen LogP contribution in [0.3, 0.4) is 0 Å². The van der Waals surface area contributed by atoms with E-state index in [0.717, 1.165) is 9.75 Å². The van der Waals surface area contributed by atoms with Crippen molar-refractivity contribution in [2.75, 3.05) is 7.11 Å². The summed E-state index contributed by atoms with van der Waals surface area (Å²) in [4.78, 5) is 25.0. The van der Waals surface area contributed by atoms with E-state index in [-0.39, 0.29) is 5.91 Å². The van der Waals surface area contributed by atoms with E-state index in [2.05, 4.69) is 10.1 Å². The maximum atomic E-state index is 11.8. The van der Waals surface area contributed by atoms with Crippen LogP contribution in [-0.2, 0) is 9.53 Å². The summed E-state index contributed by atoms with van der Waals surface area (Å²) in [5.74, 6) is -0.683. The van der Waals surface area contributed by atoms with Crippen LogP contribution in [0.5, 0.6) is 0 Å². The first kappa shape index (κ1) is 12.7. The molecule has 0 radical (unpaired) electrons. The van der Waals surface area contributed by atoms with Crippen LogP contribution in [0.15, 0.2) is 6.07 Å². The van der Waals surface area contributed by atoms with Gasteiger partial charge < -0.3 is 10.1 Å². The van der Waals surface area contributed by atoms with Crippen LogP contribution in [0.25, 0.3) is 0 Å². The van der Waals surface area contributed by atoms with Gasteiger partial charge in [-0.1, -0.05) is 0 Å². The van der Waals surface area contributed by atoms with E-state index in [0.29, 0.717) is 5.56 Å². The topological polar surface area (TPSA) is 55.4 Å². The normalized spacial score (nSPS) is 12.0. The SMILES string of the molecule is COC(=O)C(C)NC(=O)c1cc(C)sc1C. The zero-order valence-corrected chi connectivity index (χ0v) is 10.6. The van der Waals surface area contributed by atoms with Crippen LogP contribution in [0.4, 0.5) is 0 Å². The summed E-state index contributed by atoms with van der Waals surface area (Å²) < 4.78 is 4.53. The van der Waals surface area contributed by atoms with E-state index in [1.807, 2.05) is 19.9 Å². The van der Waals surface area contributed by atoms with Crippen LogP contribution >= 0.6 is 11.3 Å². The van der Waals surface area contributed by atoms with Crippen LogP contribution in [-0.4, -0.2) is 25.0 Å². The molecule has 1 amide bonds. The lowest BCUT2D eigenvalue weighted by molar-refractivity contribution is -0.142. The Morgan fingerprint density at radius 3 is 2.50 bits per heavy atom. The molecule has 1 aromatic rings. The number of ether oxygens (including phenoxy) is 1. The molecular weight excluding hydrogens is 226 g/mol. The minimum atomic E-state index is -0.628. The predicted octanol–water partition coefficient (Wildman–Crippen LogP) is 1.66. The predicted molar refractivity (Wildman–Crippen MR) is 62.7 cm³/mol. The Morgan fingerprint density at radius 1 is 1.44 bits per heavy atom. The second-order valence-electron chi connectivity index (χ2n) is 3.55. The van der Waals surface area contributed by atoms with Gasteiger partial charge in [0.1, 0.15) is 6.04 Å². The molecule has 1 atom stereocenters. The Balaban J connectivity index is 2.73. The Labute approximate surface area is 98.6 Å². The van der Waals surface area contributed by atoms with Gasteiger partial charge in [0.2, 0.25) is 0 Å². The minimum absolute atomic E-state index is 0.236. The van der Waals surface area contributed by atoms with Crippen LogP contribution < -0.4 is 5.32 Å². The van der Waals surface area contributed by atoms with Gasteiger partial charge in [-0.05, 0) is 26.8 Å². The average Bonchev–Trinajstić information content (AvgIpc) is 2.56. The summed E-state index contributed by atoms with van der Waals surface area (Å²) >= 11 is 1.56. The Morgan fingerprint density at radius 2 is 2.06 bits per heavy atom. The van der Waals surface area contributed by atoms with Gasteiger partial charge in [0, 0.05) is 9.75 Å². The second kappa shape index (κ2) is 5.12. The molecule has 4 nitrogen and oxygen atoms in total. The van der Waals surface area contributed by atoms with Gasteiger partial charge in [-0.15, -0.1) is 11.3 Å². The molecule has 1 heterocycles. The van der Waals surface area contributed by atoms with Gasteiger partial charge >= 0.3 is 5.97 Å². The zero-order chi connectivity index (χ0) is 12.3. The van der Waals surface area contributed by atoms with Crippen LogP contribution in [0.1, 0.15) is 27.0 Å². The molecule has 0 aliphatic rings. The summed E-state index contributed by atoms with van der Waals surface area (Å²) in [6.07, 6.45) is 0. The van der Waals surface area contributed by atoms with E-state index in [4.69, 9.17) is 0 Å². The third-order valence-electron chi connectivity index (χ3n) is 2.19. The Hall–Kier alpha value is -1.36. The molecule has 1 aromatic heterocycles. The highest BCUT2D eigenvalue weighted by molar-refractivity contribution is 7.12. The van der Waals surface area contributed by atoms with E-state index in [1.165, 1.54) is 7.11 Å². The van der Waals surface area contributed by atoms with Crippen molar-refractivity contribution < 1.29 is 14.3 Å². The fourth-order valence-electron chi connectivity index (χ4n) is 1.37. The summed E-state index contributed by atoms with van der Waals surface area (Å²) in [7, 11) is 1.30. The molecule has 16 heavy (non-hydrogen) atoms. The van der Waals surface area contributed by atoms with Gasteiger partial charge in [0.25, 0.3) is 5.91 Å². The van der Waals surface area contributed by atoms with Crippen molar-refractivity contribution in [1.82, 2.24) is 5.32 Å². The number of nitrogens with one attached hydrogen (secondary N) is 1. The van der Waals surface area contributed by atoms with Crippen LogP contribution in [0.2, 0.25) is 0 Å². The summed E-state index contributed by atoms with van der Waals surface area (Å²) in [5.41, 5.74) is 0.623. The average molecular weight is 241 g/mol. The number of hydrogen-bond donors (Lipinski definition) is 1. The molecule has 88 valence electrons. The molecule has 0 saturated heterocycles. The van der Waals surface area contributed by atoms with E-state index >= 15 is 0 Å². The lowest BCUT2D eigenvalue weighted by atomic mass is 10.2. The quantitative estimate of drug-likeness (QED) is 0.819. The van der Waals surface area contributed by atoms with Crippen molar-refractivity contribution >= 4 is 23.2 Å². The molecule has 5 heteroatoms. The molecule has 0 fully saturated rings. The zero-order valence-electron chi connectivity index (χ0n) is 9.79. The largest absolute Gasteiger partial charge is 0.467 e. The maximum Gasteiger partial charge on any atom is 0.328 e. The molecular formula is C11H15NO3S. The highest BCUT2D eigenvalue weighted by Gasteiger charge is 2.18. The van der Waals surface area contributed by atoms with Crippen molar-refractivity contribution in [1.29, 1.82) is 0 Å². The fourth-order valence-corrected chi connectivity index (χ4v) is 2.29. The van der Waals surface area contributed by atoms with Crippen molar-refractivity contribution in [2.24, 2.45) is 0 Å². The molecule has 0 bridgehead atoms. The smallest absolute Gasteiger partial charge is 0.328 e. The number of aryl methyl sites for hydroxylation is 2. The fraction of sp³-hybridized carbons (Fsp3) is 0.455. The van der Waals surface area contributed by atoms with E-state index in [1.54, 1.807) is 18.3 Å². The lowest BCUT2D eigenvalue weighted by Gasteiger charge is -2.10. The van der Waals surface area contributed by atoms with Gasteiger partial charge in [-0.3, -0.25) is 4.79 Å². The van der Waals surface area contributed by atoms with Gasteiger partial charge in [-0.2, -0.15) is 0 Å². The molecule has 0 aliphatic heterocycles. The van der Waals surface area contributed by atoms with Crippen LogP contribution in [0, 0.1) is 13.8 Å². The molecule has 0 spiro atoms. The third-order valence-corrected chi connectivity index (χ3v) is 3.15. The molecule has 0 saturated carbocycles. The molecule has 1 unspecified atom stereocenters. The number of rotatable bonds is 3.